The fraction of sp³-hybridized carbons (Fsp3) is 0.294. The van der Waals surface area contributed by atoms with E-state index in [1.54, 1.807) is 0 Å². The molecule has 0 radical (unpaired) electrons. The van der Waals surface area contributed by atoms with Crippen LogP contribution in [-0.2, 0) is 22.6 Å². The molecule has 142 valence electrons. The molecule has 5 nitrogen and oxygen atoms in total. The van der Waals surface area contributed by atoms with Crippen LogP contribution < -0.4 is 15.4 Å². The lowest BCUT2D eigenvalue weighted by molar-refractivity contribution is -0.139. The molecule has 0 saturated heterocycles. The second-order valence-corrected chi connectivity index (χ2v) is 7.52. The average Bonchev–Trinajstić information content (AvgIpc) is 2.53. The molecule has 9 heteroatoms. The Labute approximate surface area is 150 Å². The molecule has 2 rings (SSSR count). The van der Waals surface area contributed by atoms with Gasteiger partial charge >= 0.3 is 6.18 Å². The molecule has 3 N–H and O–H groups in total. The third-order valence-electron chi connectivity index (χ3n) is 3.79. The minimum atomic E-state index is -4.82. The Hall–Kier alpha value is -2.26. The van der Waals surface area contributed by atoms with Crippen molar-refractivity contribution in [2.24, 2.45) is 5.14 Å². The van der Waals surface area contributed by atoms with Gasteiger partial charge in [-0.15, -0.1) is 0 Å². The Kier molecular flexibility index (Phi) is 5.82. The molecule has 0 fully saturated rings. The Morgan fingerprint density at radius 1 is 1.08 bits per heavy atom. The highest BCUT2D eigenvalue weighted by atomic mass is 32.2. The SMILES string of the molecule is CN(C)c1ccc(CCNc2ccc(S(N)(=O)=O)c(C(F)(F)F)c2)cc1. The van der Waals surface area contributed by atoms with Crippen LogP contribution in [0.4, 0.5) is 24.5 Å². The van der Waals surface area contributed by atoms with Crippen molar-refractivity contribution >= 4 is 21.4 Å². The zero-order valence-corrected chi connectivity index (χ0v) is 15.2. The van der Waals surface area contributed by atoms with Gasteiger partial charge in [0.15, 0.2) is 0 Å². The van der Waals surface area contributed by atoms with Crippen LogP contribution in [0.1, 0.15) is 11.1 Å². The van der Waals surface area contributed by atoms with E-state index in [-0.39, 0.29) is 5.69 Å². The molecular weight excluding hydrogens is 367 g/mol. The van der Waals surface area contributed by atoms with Gasteiger partial charge in [-0.25, -0.2) is 13.6 Å². The topological polar surface area (TPSA) is 75.4 Å². The summed E-state index contributed by atoms with van der Waals surface area (Å²) in [5.74, 6) is 0. The number of benzene rings is 2. The van der Waals surface area contributed by atoms with Crippen molar-refractivity contribution in [2.75, 3.05) is 30.9 Å². The first-order valence-electron chi connectivity index (χ1n) is 7.72. The summed E-state index contributed by atoms with van der Waals surface area (Å²) in [6.45, 7) is 0.396. The van der Waals surface area contributed by atoms with E-state index in [0.29, 0.717) is 13.0 Å². The number of alkyl halides is 3. The van der Waals surface area contributed by atoms with Gasteiger partial charge in [0.25, 0.3) is 0 Å². The summed E-state index contributed by atoms with van der Waals surface area (Å²) >= 11 is 0. The number of primary sulfonamides is 1. The Morgan fingerprint density at radius 3 is 2.19 bits per heavy atom. The van der Waals surface area contributed by atoms with Crippen molar-refractivity contribution < 1.29 is 21.6 Å². The lowest BCUT2D eigenvalue weighted by atomic mass is 10.1. The summed E-state index contributed by atoms with van der Waals surface area (Å²) in [6.07, 6.45) is -4.21. The van der Waals surface area contributed by atoms with E-state index in [1.165, 1.54) is 6.07 Å². The van der Waals surface area contributed by atoms with Crippen LogP contribution in [0.2, 0.25) is 0 Å². The highest BCUT2D eigenvalue weighted by molar-refractivity contribution is 7.89. The van der Waals surface area contributed by atoms with Gasteiger partial charge < -0.3 is 10.2 Å². The number of sulfonamides is 1. The maximum absolute atomic E-state index is 13.1. The molecule has 0 heterocycles. The standard InChI is InChI=1S/C17H20F3N3O2S/c1-23(2)14-6-3-12(4-7-14)9-10-22-13-5-8-16(26(21,24)25)15(11-13)17(18,19)20/h3-8,11,22H,9-10H2,1-2H3,(H2,21,24,25). The van der Waals surface area contributed by atoms with Crippen molar-refractivity contribution in [3.63, 3.8) is 0 Å². The first-order chi connectivity index (χ1) is 12.0. The van der Waals surface area contributed by atoms with Crippen LogP contribution in [0, 0.1) is 0 Å². The zero-order valence-electron chi connectivity index (χ0n) is 14.3. The van der Waals surface area contributed by atoms with E-state index in [2.05, 4.69) is 5.32 Å². The number of hydrogen-bond donors (Lipinski definition) is 2. The van der Waals surface area contributed by atoms with Crippen LogP contribution in [0.25, 0.3) is 0 Å². The van der Waals surface area contributed by atoms with Crippen molar-refractivity contribution in [1.29, 1.82) is 0 Å². The summed E-state index contributed by atoms with van der Waals surface area (Å²) < 4.78 is 62.0. The van der Waals surface area contributed by atoms with E-state index in [0.717, 1.165) is 23.4 Å². The molecule has 2 aromatic carbocycles. The number of rotatable bonds is 6. The van der Waals surface area contributed by atoms with Crippen LogP contribution >= 0.6 is 0 Å². The summed E-state index contributed by atoms with van der Waals surface area (Å²) in [4.78, 5) is 1.03. The van der Waals surface area contributed by atoms with E-state index >= 15 is 0 Å². The van der Waals surface area contributed by atoms with Crippen LogP contribution in [0.15, 0.2) is 47.4 Å². The number of nitrogens with one attached hydrogen (secondary N) is 1. The van der Waals surface area contributed by atoms with Crippen LogP contribution in [0.5, 0.6) is 0 Å². The van der Waals surface area contributed by atoms with Gasteiger partial charge in [0.05, 0.1) is 10.5 Å². The van der Waals surface area contributed by atoms with Gasteiger partial charge in [-0.2, -0.15) is 13.2 Å². The largest absolute Gasteiger partial charge is 0.417 e. The monoisotopic (exact) mass is 387 g/mol. The van der Waals surface area contributed by atoms with E-state index in [1.807, 2.05) is 43.3 Å². The highest BCUT2D eigenvalue weighted by Crippen LogP contribution is 2.35. The van der Waals surface area contributed by atoms with Gasteiger partial charge in [-0.3, -0.25) is 0 Å². The summed E-state index contributed by atoms with van der Waals surface area (Å²) in [5, 5.41) is 7.74. The number of nitrogens with zero attached hydrogens (tertiary/aromatic N) is 1. The van der Waals surface area contributed by atoms with Crippen LogP contribution in [-0.4, -0.2) is 29.1 Å². The van der Waals surface area contributed by atoms with Gasteiger partial charge in [0.1, 0.15) is 0 Å². The van der Waals surface area contributed by atoms with E-state index in [4.69, 9.17) is 5.14 Å². The molecule has 2 aromatic rings. The minimum absolute atomic E-state index is 0.176. The molecule has 0 aliphatic rings. The molecule has 0 aliphatic carbocycles. The first kappa shape index (κ1) is 20.1. The predicted molar refractivity (Wildman–Crippen MR) is 95.8 cm³/mol. The number of hydrogen-bond acceptors (Lipinski definition) is 4. The maximum atomic E-state index is 13.1. The fourth-order valence-electron chi connectivity index (χ4n) is 2.42. The lowest BCUT2D eigenvalue weighted by Crippen LogP contribution is -2.19. The quantitative estimate of drug-likeness (QED) is 0.799. The Balaban J connectivity index is 2.10. The van der Waals surface area contributed by atoms with E-state index < -0.39 is 26.7 Å². The molecule has 0 spiro atoms. The number of halogens is 3. The molecule has 0 bridgehead atoms. The van der Waals surface area contributed by atoms with Crippen molar-refractivity contribution in [1.82, 2.24) is 0 Å². The number of anilines is 2. The van der Waals surface area contributed by atoms with Crippen molar-refractivity contribution in [3.05, 3.63) is 53.6 Å². The number of nitrogens with two attached hydrogens (primary N) is 1. The zero-order chi connectivity index (χ0) is 19.5. The molecule has 0 amide bonds. The molecule has 0 atom stereocenters. The Morgan fingerprint density at radius 2 is 1.69 bits per heavy atom. The summed E-state index contributed by atoms with van der Waals surface area (Å²) in [7, 11) is -0.599. The molecular formula is C17H20F3N3O2S. The van der Waals surface area contributed by atoms with Crippen molar-refractivity contribution in [3.8, 4) is 0 Å². The smallest absolute Gasteiger partial charge is 0.385 e. The molecule has 0 saturated carbocycles. The van der Waals surface area contributed by atoms with Crippen LogP contribution in [0.3, 0.4) is 0 Å². The second-order valence-electron chi connectivity index (χ2n) is 5.99. The van der Waals surface area contributed by atoms with Crippen molar-refractivity contribution in [2.45, 2.75) is 17.5 Å². The third kappa shape index (κ3) is 5.12. The average molecular weight is 387 g/mol. The molecule has 26 heavy (non-hydrogen) atoms. The Bertz CT molecular complexity index is 864. The summed E-state index contributed by atoms with van der Waals surface area (Å²) in [6, 6.07) is 10.7. The highest BCUT2D eigenvalue weighted by Gasteiger charge is 2.36. The van der Waals surface area contributed by atoms with Gasteiger partial charge in [-0.1, -0.05) is 12.1 Å². The minimum Gasteiger partial charge on any atom is -0.385 e. The first-order valence-corrected chi connectivity index (χ1v) is 9.27. The predicted octanol–water partition coefficient (Wildman–Crippen LogP) is 3.07. The molecule has 0 aromatic heterocycles. The fourth-order valence-corrected chi connectivity index (χ4v) is 3.16. The van der Waals surface area contributed by atoms with Gasteiger partial charge in [-0.05, 0) is 42.3 Å². The molecule has 0 aliphatic heterocycles. The molecule has 0 unspecified atom stereocenters. The lowest BCUT2D eigenvalue weighted by Gasteiger charge is -2.15. The normalized spacial score (nSPS) is 12.1. The third-order valence-corrected chi connectivity index (χ3v) is 4.76. The second kappa shape index (κ2) is 7.55. The van der Waals surface area contributed by atoms with E-state index in [9.17, 15) is 21.6 Å². The maximum Gasteiger partial charge on any atom is 0.417 e. The summed E-state index contributed by atoms with van der Waals surface area (Å²) in [5.41, 5.74) is 0.977. The van der Waals surface area contributed by atoms with Gasteiger partial charge in [0.2, 0.25) is 10.0 Å². The van der Waals surface area contributed by atoms with Gasteiger partial charge in [0, 0.05) is 32.0 Å².